The summed E-state index contributed by atoms with van der Waals surface area (Å²) in [4.78, 5) is 12.3. The average Bonchev–Trinajstić information content (AvgIpc) is 2.85. The van der Waals surface area contributed by atoms with Crippen LogP contribution in [0.15, 0.2) is 47.8 Å². The first-order chi connectivity index (χ1) is 17.6. The van der Waals surface area contributed by atoms with E-state index in [9.17, 15) is 12.8 Å². The van der Waals surface area contributed by atoms with Crippen LogP contribution in [0, 0.1) is 25.5 Å². The van der Waals surface area contributed by atoms with Gasteiger partial charge < -0.3 is 9.47 Å². The normalized spacial score (nSPS) is 14.7. The van der Waals surface area contributed by atoms with Crippen molar-refractivity contribution in [3.63, 3.8) is 0 Å². The minimum atomic E-state index is -4.41. The molecule has 2 N–H and O–H groups in total. The number of ether oxygens (including phenoxy) is 2. The van der Waals surface area contributed by atoms with Crippen molar-refractivity contribution < 1.29 is 26.7 Å². The standard InChI is InChI=1S/C26H24F2N4O4S/c1-14-19(24-21(27)3-4-23(25(24)28)37(29,33)34)10-17(12-30-14)16-9-20-15(2)31-13-32-26(20)22(11-16)36-18-5-7-35-8-6-18/h3-4,9-13,18H,5-8H2,1-2H3,(H2,29,33,34). The van der Waals surface area contributed by atoms with Crippen LogP contribution in [-0.4, -0.2) is 42.7 Å². The number of hydrogen-bond donors (Lipinski definition) is 1. The fourth-order valence-corrected chi connectivity index (χ4v) is 5.04. The summed E-state index contributed by atoms with van der Waals surface area (Å²) in [5.41, 5.74) is 2.50. The quantitative estimate of drug-likeness (QED) is 0.408. The van der Waals surface area contributed by atoms with Gasteiger partial charge in [0.1, 0.15) is 34.4 Å². The molecule has 0 spiro atoms. The Morgan fingerprint density at radius 1 is 1.00 bits per heavy atom. The van der Waals surface area contributed by atoms with E-state index in [2.05, 4.69) is 15.0 Å². The summed E-state index contributed by atoms with van der Waals surface area (Å²) in [6.07, 6.45) is 4.49. The number of pyridine rings is 1. The van der Waals surface area contributed by atoms with E-state index in [1.54, 1.807) is 19.2 Å². The molecule has 5 rings (SSSR count). The highest BCUT2D eigenvalue weighted by Crippen LogP contribution is 2.37. The van der Waals surface area contributed by atoms with E-state index in [1.807, 2.05) is 19.1 Å². The van der Waals surface area contributed by atoms with E-state index < -0.39 is 32.1 Å². The number of nitrogens with zero attached hydrogens (tertiary/aromatic N) is 3. The molecule has 0 bridgehead atoms. The van der Waals surface area contributed by atoms with Gasteiger partial charge in [-0.25, -0.2) is 32.3 Å². The SMILES string of the molecule is Cc1ncc(-c2cc(OC3CCOCC3)c3ncnc(C)c3c2)cc1-c1c(F)ccc(S(N)(=O)=O)c1F. The third-order valence-corrected chi connectivity index (χ3v) is 7.35. The average molecular weight is 527 g/mol. The zero-order valence-electron chi connectivity index (χ0n) is 20.2. The molecule has 3 heterocycles. The summed E-state index contributed by atoms with van der Waals surface area (Å²) in [6, 6.07) is 6.93. The van der Waals surface area contributed by atoms with E-state index in [0.29, 0.717) is 41.3 Å². The van der Waals surface area contributed by atoms with Crippen molar-refractivity contribution in [3.05, 3.63) is 65.9 Å². The number of halogens is 2. The number of aryl methyl sites for hydroxylation is 2. The number of fused-ring (bicyclic) bond motifs is 1. The molecule has 1 saturated heterocycles. The highest BCUT2D eigenvalue weighted by Gasteiger charge is 2.24. The van der Waals surface area contributed by atoms with Crippen molar-refractivity contribution in [2.75, 3.05) is 13.2 Å². The summed E-state index contributed by atoms with van der Waals surface area (Å²) < 4.78 is 65.5. The first-order valence-corrected chi connectivity index (χ1v) is 13.2. The lowest BCUT2D eigenvalue weighted by Gasteiger charge is -2.24. The molecule has 0 aliphatic carbocycles. The molecule has 1 aliphatic rings. The molecule has 11 heteroatoms. The van der Waals surface area contributed by atoms with Gasteiger partial charge in [-0.2, -0.15) is 0 Å². The number of aromatic nitrogens is 3. The summed E-state index contributed by atoms with van der Waals surface area (Å²) in [6.45, 7) is 4.65. The lowest BCUT2D eigenvalue weighted by atomic mass is 9.97. The van der Waals surface area contributed by atoms with Gasteiger partial charge in [-0.05, 0) is 49.7 Å². The summed E-state index contributed by atoms with van der Waals surface area (Å²) >= 11 is 0. The number of benzene rings is 2. The second-order valence-corrected chi connectivity index (χ2v) is 10.4. The van der Waals surface area contributed by atoms with Crippen LogP contribution >= 0.6 is 0 Å². The highest BCUT2D eigenvalue weighted by molar-refractivity contribution is 7.89. The summed E-state index contributed by atoms with van der Waals surface area (Å²) in [5, 5.41) is 5.90. The monoisotopic (exact) mass is 526 g/mol. The molecule has 4 aromatic rings. The van der Waals surface area contributed by atoms with Crippen LogP contribution in [0.4, 0.5) is 8.78 Å². The highest BCUT2D eigenvalue weighted by atomic mass is 32.2. The Morgan fingerprint density at radius 2 is 1.76 bits per heavy atom. The van der Waals surface area contributed by atoms with Gasteiger partial charge in [0.2, 0.25) is 10.0 Å². The Kier molecular flexibility index (Phi) is 6.61. The van der Waals surface area contributed by atoms with Crippen molar-refractivity contribution in [2.24, 2.45) is 5.14 Å². The van der Waals surface area contributed by atoms with Gasteiger partial charge in [0.15, 0.2) is 5.82 Å². The second-order valence-electron chi connectivity index (χ2n) is 8.90. The van der Waals surface area contributed by atoms with Crippen molar-refractivity contribution in [3.8, 4) is 28.0 Å². The maximum absolute atomic E-state index is 15.2. The molecule has 2 aromatic carbocycles. The molecule has 1 aliphatic heterocycles. The molecule has 1 fully saturated rings. The van der Waals surface area contributed by atoms with Crippen LogP contribution in [0.2, 0.25) is 0 Å². The lowest BCUT2D eigenvalue weighted by Crippen LogP contribution is -2.26. The number of hydrogen-bond acceptors (Lipinski definition) is 7. The molecule has 8 nitrogen and oxygen atoms in total. The fraction of sp³-hybridized carbons (Fsp3) is 0.269. The first kappa shape index (κ1) is 25.1. The lowest BCUT2D eigenvalue weighted by molar-refractivity contribution is 0.0261. The zero-order valence-corrected chi connectivity index (χ0v) is 21.0. The van der Waals surface area contributed by atoms with Crippen LogP contribution < -0.4 is 9.88 Å². The molecular weight excluding hydrogens is 502 g/mol. The molecule has 0 atom stereocenters. The third-order valence-electron chi connectivity index (χ3n) is 6.42. The van der Waals surface area contributed by atoms with E-state index in [4.69, 9.17) is 14.6 Å². The summed E-state index contributed by atoms with van der Waals surface area (Å²) in [5.74, 6) is -1.64. The predicted octanol–water partition coefficient (Wildman–Crippen LogP) is 4.46. The smallest absolute Gasteiger partial charge is 0.240 e. The molecule has 2 aromatic heterocycles. The number of primary sulfonamides is 1. The maximum Gasteiger partial charge on any atom is 0.240 e. The van der Waals surface area contributed by atoms with E-state index in [-0.39, 0.29) is 11.7 Å². The van der Waals surface area contributed by atoms with Crippen LogP contribution in [0.3, 0.4) is 0 Å². The zero-order chi connectivity index (χ0) is 26.3. The van der Waals surface area contributed by atoms with Gasteiger partial charge >= 0.3 is 0 Å². The van der Waals surface area contributed by atoms with Crippen LogP contribution in [0.1, 0.15) is 24.2 Å². The molecule has 0 radical (unpaired) electrons. The van der Waals surface area contributed by atoms with Crippen LogP contribution in [-0.2, 0) is 14.8 Å². The largest absolute Gasteiger partial charge is 0.488 e. The van der Waals surface area contributed by atoms with Gasteiger partial charge in [0, 0.05) is 46.9 Å². The third kappa shape index (κ3) is 4.89. The Morgan fingerprint density at radius 3 is 2.49 bits per heavy atom. The van der Waals surface area contributed by atoms with E-state index >= 15 is 4.39 Å². The minimum Gasteiger partial charge on any atom is -0.488 e. The minimum absolute atomic E-state index is 0.0432. The molecule has 37 heavy (non-hydrogen) atoms. The second kappa shape index (κ2) is 9.73. The van der Waals surface area contributed by atoms with Gasteiger partial charge in [-0.1, -0.05) is 0 Å². The Hall–Kier alpha value is -3.54. The number of sulfonamides is 1. The Labute approximate surface area is 212 Å². The maximum atomic E-state index is 15.2. The predicted molar refractivity (Wildman–Crippen MR) is 133 cm³/mol. The molecule has 0 amide bonds. The molecule has 192 valence electrons. The number of rotatable bonds is 5. The topological polar surface area (TPSA) is 117 Å². The van der Waals surface area contributed by atoms with Gasteiger partial charge in [0.05, 0.1) is 18.8 Å². The number of nitrogens with two attached hydrogens (primary N) is 1. The van der Waals surface area contributed by atoms with Crippen LogP contribution in [0.25, 0.3) is 33.2 Å². The van der Waals surface area contributed by atoms with Crippen molar-refractivity contribution in [1.82, 2.24) is 15.0 Å². The molecule has 0 unspecified atom stereocenters. The summed E-state index contributed by atoms with van der Waals surface area (Å²) in [7, 11) is -4.41. The van der Waals surface area contributed by atoms with Crippen LogP contribution in [0.5, 0.6) is 5.75 Å². The van der Waals surface area contributed by atoms with Gasteiger partial charge in [-0.15, -0.1) is 0 Å². The molecule has 0 saturated carbocycles. The van der Waals surface area contributed by atoms with Gasteiger partial charge in [0.25, 0.3) is 0 Å². The van der Waals surface area contributed by atoms with Crippen molar-refractivity contribution in [1.29, 1.82) is 0 Å². The molecular formula is C26H24F2N4O4S. The van der Waals surface area contributed by atoms with E-state index in [0.717, 1.165) is 36.1 Å². The fourth-order valence-electron chi connectivity index (χ4n) is 4.43. The van der Waals surface area contributed by atoms with Gasteiger partial charge in [-0.3, -0.25) is 4.98 Å². The van der Waals surface area contributed by atoms with Crippen molar-refractivity contribution in [2.45, 2.75) is 37.7 Å². The van der Waals surface area contributed by atoms with E-state index in [1.165, 1.54) is 6.33 Å². The Bertz CT molecular complexity index is 1620. The van der Waals surface area contributed by atoms with Crippen molar-refractivity contribution >= 4 is 20.9 Å². The first-order valence-electron chi connectivity index (χ1n) is 11.6. The Balaban J connectivity index is 1.67.